The number of aromatic nitrogens is 1. The van der Waals surface area contributed by atoms with Gasteiger partial charge in [-0.15, -0.1) is 0 Å². The van der Waals surface area contributed by atoms with Crippen LogP contribution in [0.3, 0.4) is 0 Å². The number of hydrogen-bond acceptors (Lipinski definition) is 3. The Kier molecular flexibility index (Phi) is 2.81. The Labute approximate surface area is 77.9 Å². The molecule has 0 aliphatic rings. The van der Waals surface area contributed by atoms with Gasteiger partial charge in [0.1, 0.15) is 5.69 Å². The van der Waals surface area contributed by atoms with Crippen LogP contribution in [-0.2, 0) is 0 Å². The quantitative estimate of drug-likeness (QED) is 0.599. The van der Waals surface area contributed by atoms with Crippen LogP contribution in [0.1, 0.15) is 10.5 Å². The van der Waals surface area contributed by atoms with Crippen LogP contribution in [-0.4, -0.2) is 18.4 Å². The van der Waals surface area contributed by atoms with Gasteiger partial charge in [0.25, 0.3) is 0 Å². The highest BCUT2D eigenvalue weighted by Crippen LogP contribution is 2.12. The first-order valence-electron chi connectivity index (χ1n) is 2.93. The van der Waals surface area contributed by atoms with Crippen molar-refractivity contribution >= 4 is 28.9 Å². The molecule has 0 unspecified atom stereocenters. The number of halogens is 1. The average molecular weight is 263 g/mol. The summed E-state index contributed by atoms with van der Waals surface area (Å²) in [4.78, 5) is 14.2. The molecule has 0 saturated carbocycles. The van der Waals surface area contributed by atoms with Crippen LogP contribution >= 0.6 is 22.6 Å². The van der Waals surface area contributed by atoms with Gasteiger partial charge >= 0.3 is 0 Å². The average Bonchev–Trinajstić information content (AvgIpc) is 2.03. The zero-order valence-electron chi connectivity index (χ0n) is 5.87. The van der Waals surface area contributed by atoms with Crippen molar-refractivity contribution in [2.75, 3.05) is 7.11 Å². The summed E-state index contributed by atoms with van der Waals surface area (Å²) in [6.45, 7) is 0. The molecular formula is C7H6INO2. The molecule has 4 heteroatoms. The molecule has 0 aliphatic heterocycles. The van der Waals surface area contributed by atoms with E-state index in [4.69, 9.17) is 4.74 Å². The molecule has 0 aromatic carbocycles. The summed E-state index contributed by atoms with van der Waals surface area (Å²) < 4.78 is 5.80. The number of rotatable bonds is 2. The van der Waals surface area contributed by atoms with Crippen LogP contribution in [0, 0.1) is 3.57 Å². The van der Waals surface area contributed by atoms with Crippen LogP contribution in [0.4, 0.5) is 0 Å². The highest BCUT2D eigenvalue weighted by molar-refractivity contribution is 14.1. The van der Waals surface area contributed by atoms with Crippen molar-refractivity contribution < 1.29 is 9.53 Å². The number of aldehydes is 1. The van der Waals surface area contributed by atoms with Gasteiger partial charge in [-0.1, -0.05) is 0 Å². The van der Waals surface area contributed by atoms with Gasteiger partial charge in [-0.3, -0.25) is 4.79 Å². The van der Waals surface area contributed by atoms with Crippen LogP contribution in [0.2, 0.25) is 0 Å². The Morgan fingerprint density at radius 3 is 2.91 bits per heavy atom. The number of methoxy groups -OCH3 is 1. The van der Waals surface area contributed by atoms with E-state index in [9.17, 15) is 4.79 Å². The molecule has 0 radical (unpaired) electrons. The van der Waals surface area contributed by atoms with Gasteiger partial charge in [0.15, 0.2) is 6.29 Å². The van der Waals surface area contributed by atoms with Crippen molar-refractivity contribution in [2.45, 2.75) is 0 Å². The van der Waals surface area contributed by atoms with Crippen LogP contribution in [0.5, 0.6) is 5.88 Å². The predicted molar refractivity (Wildman–Crippen MR) is 48.9 cm³/mol. The van der Waals surface area contributed by atoms with Gasteiger partial charge in [-0.25, -0.2) is 4.98 Å². The number of carbonyl (C=O) groups is 1. The van der Waals surface area contributed by atoms with E-state index in [1.165, 1.54) is 7.11 Å². The summed E-state index contributed by atoms with van der Waals surface area (Å²) >= 11 is 2.10. The molecule has 0 spiro atoms. The van der Waals surface area contributed by atoms with E-state index in [-0.39, 0.29) is 0 Å². The molecule has 1 aromatic heterocycles. The molecule has 11 heavy (non-hydrogen) atoms. The summed E-state index contributed by atoms with van der Waals surface area (Å²) in [5.41, 5.74) is 0.397. The fourth-order valence-electron chi connectivity index (χ4n) is 0.658. The second kappa shape index (κ2) is 3.66. The fourth-order valence-corrected chi connectivity index (χ4v) is 1.24. The molecule has 58 valence electrons. The highest BCUT2D eigenvalue weighted by atomic mass is 127. The zero-order valence-corrected chi connectivity index (χ0v) is 8.03. The zero-order chi connectivity index (χ0) is 8.27. The smallest absolute Gasteiger partial charge is 0.214 e. The Hall–Kier alpha value is -0.650. The van der Waals surface area contributed by atoms with E-state index in [0.29, 0.717) is 17.9 Å². The number of ether oxygens (including phenoxy) is 1. The normalized spacial score (nSPS) is 9.27. The monoisotopic (exact) mass is 263 g/mol. The van der Waals surface area contributed by atoms with Crippen LogP contribution in [0.25, 0.3) is 0 Å². The summed E-state index contributed by atoms with van der Waals surface area (Å²) in [6.07, 6.45) is 0.699. The second-order valence-corrected chi connectivity index (χ2v) is 3.12. The molecule has 1 aromatic rings. The SMILES string of the molecule is COc1cc(I)cc(C=O)n1. The summed E-state index contributed by atoms with van der Waals surface area (Å²) in [7, 11) is 1.52. The molecule has 0 fully saturated rings. The third-order valence-corrected chi connectivity index (χ3v) is 1.74. The van der Waals surface area contributed by atoms with E-state index in [1.54, 1.807) is 12.1 Å². The Morgan fingerprint density at radius 2 is 2.36 bits per heavy atom. The number of nitrogens with zero attached hydrogens (tertiary/aromatic N) is 1. The molecule has 1 rings (SSSR count). The van der Waals surface area contributed by atoms with Gasteiger partial charge in [0.2, 0.25) is 5.88 Å². The van der Waals surface area contributed by atoms with Crippen molar-refractivity contribution in [3.05, 3.63) is 21.4 Å². The standard InChI is InChI=1S/C7H6INO2/c1-11-7-3-5(8)2-6(4-10)9-7/h2-4H,1H3. The van der Waals surface area contributed by atoms with Crippen molar-refractivity contribution in [2.24, 2.45) is 0 Å². The van der Waals surface area contributed by atoms with Crippen LogP contribution in [0.15, 0.2) is 12.1 Å². The van der Waals surface area contributed by atoms with Gasteiger partial charge in [-0.2, -0.15) is 0 Å². The Morgan fingerprint density at radius 1 is 1.64 bits per heavy atom. The molecule has 1 heterocycles. The number of hydrogen-bond donors (Lipinski definition) is 0. The Balaban J connectivity index is 3.11. The maximum atomic E-state index is 10.3. The van der Waals surface area contributed by atoms with E-state index < -0.39 is 0 Å². The molecule has 0 bridgehead atoms. The third-order valence-electron chi connectivity index (χ3n) is 1.12. The number of carbonyl (C=O) groups excluding carboxylic acids is 1. The van der Waals surface area contributed by atoms with Crippen molar-refractivity contribution in [3.63, 3.8) is 0 Å². The van der Waals surface area contributed by atoms with E-state index in [1.807, 2.05) is 0 Å². The van der Waals surface area contributed by atoms with Crippen molar-refractivity contribution in [1.82, 2.24) is 4.98 Å². The molecule has 0 aliphatic carbocycles. The maximum absolute atomic E-state index is 10.3. The molecular weight excluding hydrogens is 257 g/mol. The van der Waals surface area contributed by atoms with Crippen LogP contribution < -0.4 is 4.74 Å². The topological polar surface area (TPSA) is 39.2 Å². The van der Waals surface area contributed by atoms with Gasteiger partial charge < -0.3 is 4.74 Å². The summed E-state index contributed by atoms with van der Waals surface area (Å²) in [5, 5.41) is 0. The first-order valence-corrected chi connectivity index (χ1v) is 4.01. The lowest BCUT2D eigenvalue weighted by atomic mass is 10.4. The first-order chi connectivity index (χ1) is 5.26. The lowest BCUT2D eigenvalue weighted by Crippen LogP contribution is -1.93. The molecule has 0 N–H and O–H groups in total. The van der Waals surface area contributed by atoms with Gasteiger partial charge in [0, 0.05) is 9.64 Å². The minimum Gasteiger partial charge on any atom is -0.481 e. The largest absolute Gasteiger partial charge is 0.481 e. The fraction of sp³-hybridized carbons (Fsp3) is 0.143. The molecule has 0 saturated heterocycles. The third kappa shape index (κ3) is 2.14. The predicted octanol–water partition coefficient (Wildman–Crippen LogP) is 1.51. The minimum absolute atomic E-state index is 0.397. The van der Waals surface area contributed by atoms with Gasteiger partial charge in [0.05, 0.1) is 7.11 Å². The van der Waals surface area contributed by atoms with E-state index in [0.717, 1.165) is 3.57 Å². The maximum Gasteiger partial charge on any atom is 0.214 e. The summed E-state index contributed by atoms with van der Waals surface area (Å²) in [6, 6.07) is 3.45. The van der Waals surface area contributed by atoms with Gasteiger partial charge in [-0.05, 0) is 28.7 Å². The lowest BCUT2D eigenvalue weighted by molar-refractivity contribution is 0.111. The van der Waals surface area contributed by atoms with Crippen molar-refractivity contribution in [1.29, 1.82) is 0 Å². The van der Waals surface area contributed by atoms with Crippen molar-refractivity contribution in [3.8, 4) is 5.88 Å². The Bertz CT molecular complexity index is 275. The summed E-state index contributed by atoms with van der Waals surface area (Å²) in [5.74, 6) is 0.471. The number of pyridine rings is 1. The highest BCUT2D eigenvalue weighted by Gasteiger charge is 1.98. The first kappa shape index (κ1) is 8.45. The van der Waals surface area contributed by atoms with E-state index in [2.05, 4.69) is 27.6 Å². The van der Waals surface area contributed by atoms with E-state index >= 15 is 0 Å². The lowest BCUT2D eigenvalue weighted by Gasteiger charge is -1.98. The minimum atomic E-state index is 0.397. The molecule has 0 atom stereocenters. The second-order valence-electron chi connectivity index (χ2n) is 1.87. The molecule has 3 nitrogen and oxygen atoms in total. The molecule has 0 amide bonds.